The fourth-order valence-corrected chi connectivity index (χ4v) is 1.36. The summed E-state index contributed by atoms with van der Waals surface area (Å²) in [7, 11) is 2.02. The molecular formula is C7H17NS. The van der Waals surface area contributed by atoms with Crippen molar-refractivity contribution in [2.24, 2.45) is 0 Å². The van der Waals surface area contributed by atoms with Crippen LogP contribution in [0.25, 0.3) is 0 Å². The maximum Gasteiger partial charge on any atom is 0.00435 e. The Labute approximate surface area is 62.6 Å². The van der Waals surface area contributed by atoms with Crippen LogP contribution in [0.5, 0.6) is 0 Å². The van der Waals surface area contributed by atoms with Gasteiger partial charge < -0.3 is 5.32 Å². The standard InChI is InChI=1S/C7H17NS/c1-4-9-6-5-7(2)8-3/h7-8H,4-6H2,1-3H3. The normalized spacial score (nSPS) is 13.7. The zero-order chi connectivity index (χ0) is 7.11. The Bertz CT molecular complexity index is 56.9. The average molecular weight is 147 g/mol. The molecule has 56 valence electrons. The second kappa shape index (κ2) is 6.43. The summed E-state index contributed by atoms with van der Waals surface area (Å²) in [6, 6.07) is 0.684. The monoisotopic (exact) mass is 147 g/mol. The third-order valence-electron chi connectivity index (χ3n) is 1.39. The van der Waals surface area contributed by atoms with E-state index in [-0.39, 0.29) is 0 Å². The van der Waals surface area contributed by atoms with Crippen LogP contribution in [0.15, 0.2) is 0 Å². The molecule has 0 aromatic heterocycles. The van der Waals surface area contributed by atoms with E-state index in [2.05, 4.69) is 19.2 Å². The van der Waals surface area contributed by atoms with E-state index in [9.17, 15) is 0 Å². The first-order valence-corrected chi connectivity index (χ1v) is 4.71. The van der Waals surface area contributed by atoms with Crippen LogP contribution in [0.1, 0.15) is 20.3 Å². The van der Waals surface area contributed by atoms with Crippen LogP contribution in [0, 0.1) is 0 Å². The van der Waals surface area contributed by atoms with Crippen LogP contribution < -0.4 is 5.32 Å². The van der Waals surface area contributed by atoms with Crippen LogP contribution in [0.4, 0.5) is 0 Å². The lowest BCUT2D eigenvalue weighted by Gasteiger charge is -2.07. The van der Waals surface area contributed by atoms with E-state index in [1.165, 1.54) is 17.9 Å². The van der Waals surface area contributed by atoms with Gasteiger partial charge in [0, 0.05) is 6.04 Å². The zero-order valence-corrected chi connectivity index (χ0v) is 7.42. The van der Waals surface area contributed by atoms with Crippen LogP contribution >= 0.6 is 11.8 Å². The highest BCUT2D eigenvalue weighted by Gasteiger charge is 1.94. The first-order valence-electron chi connectivity index (χ1n) is 3.56. The molecule has 0 radical (unpaired) electrons. The van der Waals surface area contributed by atoms with Crippen LogP contribution in [-0.4, -0.2) is 24.6 Å². The van der Waals surface area contributed by atoms with Crippen molar-refractivity contribution >= 4 is 11.8 Å². The fraction of sp³-hybridized carbons (Fsp3) is 1.00. The number of thioether (sulfide) groups is 1. The van der Waals surface area contributed by atoms with Gasteiger partial charge in [0.1, 0.15) is 0 Å². The first-order chi connectivity index (χ1) is 4.31. The lowest BCUT2D eigenvalue weighted by molar-refractivity contribution is 0.598. The Morgan fingerprint density at radius 1 is 1.56 bits per heavy atom. The summed E-state index contributed by atoms with van der Waals surface area (Å²) in [5, 5.41) is 3.21. The Balaban J connectivity index is 2.88. The Hall–Kier alpha value is 0.310. The molecule has 2 heteroatoms. The summed E-state index contributed by atoms with van der Waals surface area (Å²) >= 11 is 2.01. The molecule has 0 aliphatic heterocycles. The minimum Gasteiger partial charge on any atom is -0.317 e. The molecule has 0 rings (SSSR count). The highest BCUT2D eigenvalue weighted by Crippen LogP contribution is 2.02. The van der Waals surface area contributed by atoms with Gasteiger partial charge in [-0.05, 0) is 31.9 Å². The van der Waals surface area contributed by atoms with Crippen molar-refractivity contribution in [3.8, 4) is 0 Å². The molecule has 1 atom stereocenters. The van der Waals surface area contributed by atoms with Crippen molar-refractivity contribution in [2.45, 2.75) is 26.3 Å². The van der Waals surface area contributed by atoms with E-state index in [1.807, 2.05) is 18.8 Å². The van der Waals surface area contributed by atoms with E-state index in [0.717, 1.165) is 0 Å². The zero-order valence-electron chi connectivity index (χ0n) is 6.61. The van der Waals surface area contributed by atoms with Crippen molar-refractivity contribution in [2.75, 3.05) is 18.6 Å². The maximum absolute atomic E-state index is 3.21. The molecule has 9 heavy (non-hydrogen) atoms. The van der Waals surface area contributed by atoms with Crippen molar-refractivity contribution in [1.82, 2.24) is 5.32 Å². The smallest absolute Gasteiger partial charge is 0.00435 e. The van der Waals surface area contributed by atoms with Crippen LogP contribution in [0.2, 0.25) is 0 Å². The molecule has 1 unspecified atom stereocenters. The van der Waals surface area contributed by atoms with Gasteiger partial charge in [0.2, 0.25) is 0 Å². The van der Waals surface area contributed by atoms with Crippen molar-refractivity contribution in [3.05, 3.63) is 0 Å². The Morgan fingerprint density at radius 3 is 2.67 bits per heavy atom. The van der Waals surface area contributed by atoms with Gasteiger partial charge in [-0.3, -0.25) is 0 Å². The van der Waals surface area contributed by atoms with Gasteiger partial charge in [-0.25, -0.2) is 0 Å². The first kappa shape index (κ1) is 9.31. The van der Waals surface area contributed by atoms with Crippen LogP contribution in [-0.2, 0) is 0 Å². The van der Waals surface area contributed by atoms with Gasteiger partial charge in [0.05, 0.1) is 0 Å². The molecule has 0 aliphatic rings. The molecule has 0 aromatic rings. The van der Waals surface area contributed by atoms with E-state index in [4.69, 9.17) is 0 Å². The molecule has 0 heterocycles. The largest absolute Gasteiger partial charge is 0.317 e. The molecule has 0 fully saturated rings. The minimum atomic E-state index is 0.684. The van der Waals surface area contributed by atoms with Crippen molar-refractivity contribution in [3.63, 3.8) is 0 Å². The maximum atomic E-state index is 3.21. The molecule has 0 aliphatic carbocycles. The summed E-state index contributed by atoms with van der Waals surface area (Å²) < 4.78 is 0. The topological polar surface area (TPSA) is 12.0 Å². The van der Waals surface area contributed by atoms with Crippen molar-refractivity contribution in [1.29, 1.82) is 0 Å². The SMILES string of the molecule is CCSCCC(C)NC. The average Bonchev–Trinajstić information content (AvgIpc) is 1.89. The quantitative estimate of drug-likeness (QED) is 0.594. The van der Waals surface area contributed by atoms with Gasteiger partial charge in [-0.1, -0.05) is 6.92 Å². The molecule has 0 bridgehead atoms. The molecule has 0 saturated carbocycles. The predicted molar refractivity (Wildman–Crippen MR) is 46.1 cm³/mol. The molecule has 0 aromatic carbocycles. The molecule has 0 saturated heterocycles. The van der Waals surface area contributed by atoms with E-state index >= 15 is 0 Å². The summed E-state index contributed by atoms with van der Waals surface area (Å²) in [5.41, 5.74) is 0. The van der Waals surface area contributed by atoms with Crippen LogP contribution in [0.3, 0.4) is 0 Å². The molecule has 1 N–H and O–H groups in total. The highest BCUT2D eigenvalue weighted by atomic mass is 32.2. The summed E-state index contributed by atoms with van der Waals surface area (Å²) in [6.07, 6.45) is 1.29. The Morgan fingerprint density at radius 2 is 2.22 bits per heavy atom. The third-order valence-corrected chi connectivity index (χ3v) is 2.32. The number of rotatable bonds is 5. The van der Waals surface area contributed by atoms with Gasteiger partial charge in [0.15, 0.2) is 0 Å². The second-order valence-electron chi connectivity index (χ2n) is 2.18. The van der Waals surface area contributed by atoms with E-state index in [1.54, 1.807) is 0 Å². The van der Waals surface area contributed by atoms with Crippen molar-refractivity contribution < 1.29 is 0 Å². The van der Waals surface area contributed by atoms with Gasteiger partial charge >= 0.3 is 0 Å². The fourth-order valence-electron chi connectivity index (χ4n) is 0.549. The third kappa shape index (κ3) is 6.19. The second-order valence-corrected chi connectivity index (χ2v) is 3.57. The number of hydrogen-bond acceptors (Lipinski definition) is 2. The Kier molecular flexibility index (Phi) is 6.65. The summed E-state index contributed by atoms with van der Waals surface area (Å²) in [6.45, 7) is 4.42. The molecule has 0 amide bonds. The minimum absolute atomic E-state index is 0.684. The van der Waals surface area contributed by atoms with E-state index < -0.39 is 0 Å². The highest BCUT2D eigenvalue weighted by molar-refractivity contribution is 7.99. The summed E-state index contributed by atoms with van der Waals surface area (Å²) in [4.78, 5) is 0. The molecule has 0 spiro atoms. The molecule has 1 nitrogen and oxygen atoms in total. The lowest BCUT2D eigenvalue weighted by atomic mass is 10.3. The van der Waals surface area contributed by atoms with Gasteiger partial charge in [-0.15, -0.1) is 0 Å². The molecular weight excluding hydrogens is 130 g/mol. The predicted octanol–water partition coefficient (Wildman–Crippen LogP) is 1.74. The number of hydrogen-bond donors (Lipinski definition) is 1. The number of nitrogens with one attached hydrogen (secondary N) is 1. The lowest BCUT2D eigenvalue weighted by Crippen LogP contribution is -2.21. The van der Waals surface area contributed by atoms with Gasteiger partial charge in [-0.2, -0.15) is 11.8 Å². The summed E-state index contributed by atoms with van der Waals surface area (Å²) in [5.74, 6) is 2.54. The van der Waals surface area contributed by atoms with Gasteiger partial charge in [0.25, 0.3) is 0 Å². The van der Waals surface area contributed by atoms with E-state index in [0.29, 0.717) is 6.04 Å².